The van der Waals surface area contributed by atoms with Crippen LogP contribution in [0.4, 0.5) is 0 Å². The number of halogens is 1. The van der Waals surface area contributed by atoms with E-state index in [1.54, 1.807) is 0 Å². The van der Waals surface area contributed by atoms with Crippen LogP contribution in [0.5, 0.6) is 0 Å². The fourth-order valence-corrected chi connectivity index (χ4v) is 2.97. The van der Waals surface area contributed by atoms with Gasteiger partial charge < -0.3 is 14.6 Å². The molecule has 0 saturated carbocycles. The Morgan fingerprint density at radius 1 is 1.40 bits per heavy atom. The van der Waals surface area contributed by atoms with E-state index in [4.69, 9.17) is 14.6 Å². The Balaban J connectivity index is 2.98. The van der Waals surface area contributed by atoms with Gasteiger partial charge in [0, 0.05) is 17.8 Å². The lowest BCUT2D eigenvalue weighted by molar-refractivity contribution is -0.0960. The average Bonchev–Trinajstić information content (AvgIpc) is 2.39. The van der Waals surface area contributed by atoms with Crippen LogP contribution in [0.1, 0.15) is 10.4 Å². The number of ether oxygens (including phenoxy) is 2. The van der Waals surface area contributed by atoms with Crippen LogP contribution >= 0.6 is 22.6 Å². The van der Waals surface area contributed by atoms with E-state index in [1.807, 2.05) is 22.6 Å². The van der Waals surface area contributed by atoms with Crippen LogP contribution in [-0.4, -0.2) is 46.5 Å². The molecule has 0 bridgehead atoms. The van der Waals surface area contributed by atoms with Gasteiger partial charge in [0.05, 0.1) is 17.0 Å². The molecule has 1 rings (SSSR count). The van der Waals surface area contributed by atoms with Crippen LogP contribution in [0.3, 0.4) is 0 Å². The minimum atomic E-state index is -3.82. The standard InChI is InChI=1S/C11H14INO6S/c1-18-10(19-2)6-13-20(16,17)7-3-4-9(12)8(5-7)11(14)15/h3-5,10,13H,6H2,1-2H3,(H,14,15). The van der Waals surface area contributed by atoms with Crippen LogP contribution < -0.4 is 4.72 Å². The normalized spacial score (nSPS) is 11.8. The summed E-state index contributed by atoms with van der Waals surface area (Å²) >= 11 is 1.83. The lowest BCUT2D eigenvalue weighted by Gasteiger charge is -2.14. The molecule has 9 heteroatoms. The van der Waals surface area contributed by atoms with Crippen molar-refractivity contribution in [2.75, 3.05) is 20.8 Å². The first kappa shape index (κ1) is 17.3. The second kappa shape index (κ2) is 7.31. The summed E-state index contributed by atoms with van der Waals surface area (Å²) < 4.78 is 36.6. The number of hydrogen-bond donors (Lipinski definition) is 2. The highest BCUT2D eigenvalue weighted by atomic mass is 127. The van der Waals surface area contributed by atoms with Gasteiger partial charge in [-0.25, -0.2) is 17.9 Å². The zero-order chi connectivity index (χ0) is 15.3. The van der Waals surface area contributed by atoms with Crippen molar-refractivity contribution >= 4 is 38.6 Å². The van der Waals surface area contributed by atoms with Crippen LogP contribution in [0.2, 0.25) is 0 Å². The molecule has 0 aliphatic carbocycles. The lowest BCUT2D eigenvalue weighted by Crippen LogP contribution is -2.34. The van der Waals surface area contributed by atoms with Crippen molar-refractivity contribution < 1.29 is 27.8 Å². The number of nitrogens with one attached hydrogen (secondary N) is 1. The Hall–Kier alpha value is -0.750. The molecule has 112 valence electrons. The molecule has 0 spiro atoms. The summed E-state index contributed by atoms with van der Waals surface area (Å²) in [4.78, 5) is 10.9. The highest BCUT2D eigenvalue weighted by molar-refractivity contribution is 14.1. The number of carboxylic acids is 1. The molecule has 0 saturated heterocycles. The molecule has 1 aromatic carbocycles. The third-order valence-corrected chi connectivity index (χ3v) is 4.81. The number of aromatic carboxylic acids is 1. The first-order valence-corrected chi connectivity index (χ1v) is 7.96. The zero-order valence-electron chi connectivity index (χ0n) is 10.8. The second-order valence-electron chi connectivity index (χ2n) is 3.70. The van der Waals surface area contributed by atoms with Gasteiger partial charge in [-0.15, -0.1) is 0 Å². The van der Waals surface area contributed by atoms with Gasteiger partial charge >= 0.3 is 5.97 Å². The largest absolute Gasteiger partial charge is 0.478 e. The Labute approximate surface area is 130 Å². The molecule has 0 aromatic heterocycles. The number of methoxy groups -OCH3 is 2. The molecule has 20 heavy (non-hydrogen) atoms. The van der Waals surface area contributed by atoms with Gasteiger partial charge in [0.25, 0.3) is 0 Å². The molecule has 0 atom stereocenters. The average molecular weight is 415 g/mol. The number of carbonyl (C=O) groups is 1. The molecule has 0 amide bonds. The molecule has 0 aliphatic rings. The van der Waals surface area contributed by atoms with Crippen LogP contribution in [-0.2, 0) is 19.5 Å². The third-order valence-electron chi connectivity index (χ3n) is 2.44. The molecule has 0 heterocycles. The van der Waals surface area contributed by atoms with Gasteiger partial charge in [0.1, 0.15) is 0 Å². The zero-order valence-corrected chi connectivity index (χ0v) is 13.8. The van der Waals surface area contributed by atoms with Crippen molar-refractivity contribution in [1.82, 2.24) is 4.72 Å². The minimum absolute atomic E-state index is 0.0662. The first-order chi connectivity index (χ1) is 9.31. The summed E-state index contributed by atoms with van der Waals surface area (Å²) in [6, 6.07) is 3.88. The van der Waals surface area contributed by atoms with E-state index >= 15 is 0 Å². The number of hydrogen-bond acceptors (Lipinski definition) is 5. The van der Waals surface area contributed by atoms with Crippen LogP contribution in [0.25, 0.3) is 0 Å². The third kappa shape index (κ3) is 4.38. The van der Waals surface area contributed by atoms with Gasteiger partial charge in [-0.1, -0.05) is 0 Å². The highest BCUT2D eigenvalue weighted by Gasteiger charge is 2.19. The van der Waals surface area contributed by atoms with Gasteiger partial charge in [-0.2, -0.15) is 0 Å². The van der Waals surface area contributed by atoms with Crippen LogP contribution in [0, 0.1) is 3.57 Å². The Morgan fingerprint density at radius 3 is 2.50 bits per heavy atom. The van der Waals surface area contributed by atoms with E-state index in [2.05, 4.69) is 4.72 Å². The molecule has 2 N–H and O–H groups in total. The van der Waals surface area contributed by atoms with Crippen molar-refractivity contribution in [1.29, 1.82) is 0 Å². The fraction of sp³-hybridized carbons (Fsp3) is 0.364. The van der Waals surface area contributed by atoms with Crippen molar-refractivity contribution in [2.45, 2.75) is 11.2 Å². The maximum atomic E-state index is 12.0. The van der Waals surface area contributed by atoms with Crippen molar-refractivity contribution in [2.24, 2.45) is 0 Å². The summed E-state index contributed by atoms with van der Waals surface area (Å²) in [5, 5.41) is 8.99. The highest BCUT2D eigenvalue weighted by Crippen LogP contribution is 2.18. The van der Waals surface area contributed by atoms with Gasteiger partial charge in [-0.05, 0) is 40.8 Å². The molecular weight excluding hydrogens is 401 g/mol. The molecular formula is C11H14INO6S. The summed E-state index contributed by atoms with van der Waals surface area (Å²) in [5.74, 6) is -1.18. The molecule has 0 unspecified atom stereocenters. The van der Waals surface area contributed by atoms with Gasteiger partial charge in [0.15, 0.2) is 6.29 Å². The topological polar surface area (TPSA) is 102 Å². The minimum Gasteiger partial charge on any atom is -0.478 e. The molecule has 7 nitrogen and oxygen atoms in total. The maximum Gasteiger partial charge on any atom is 0.336 e. The fourth-order valence-electron chi connectivity index (χ4n) is 1.36. The predicted molar refractivity (Wildman–Crippen MR) is 79.1 cm³/mol. The number of benzene rings is 1. The van der Waals surface area contributed by atoms with Crippen molar-refractivity contribution in [3.8, 4) is 0 Å². The van der Waals surface area contributed by atoms with E-state index in [0.29, 0.717) is 3.57 Å². The Bertz CT molecular complexity index is 585. The smallest absolute Gasteiger partial charge is 0.336 e. The van der Waals surface area contributed by atoms with Crippen LogP contribution in [0.15, 0.2) is 23.1 Å². The summed E-state index contributed by atoms with van der Waals surface area (Å²) in [7, 11) is -1.06. The van der Waals surface area contributed by atoms with Gasteiger partial charge in [0.2, 0.25) is 10.0 Å². The van der Waals surface area contributed by atoms with E-state index in [1.165, 1.54) is 26.4 Å². The maximum absolute atomic E-state index is 12.0. The molecule has 0 aliphatic heterocycles. The van der Waals surface area contributed by atoms with E-state index < -0.39 is 22.3 Å². The number of carboxylic acid groups (broad SMARTS) is 1. The monoisotopic (exact) mass is 415 g/mol. The van der Waals surface area contributed by atoms with E-state index in [-0.39, 0.29) is 17.0 Å². The predicted octanol–water partition coefficient (Wildman–Crippen LogP) is 0.887. The Kier molecular flexibility index (Phi) is 6.33. The molecule has 0 radical (unpaired) electrons. The molecule has 0 fully saturated rings. The quantitative estimate of drug-likeness (QED) is 0.507. The Morgan fingerprint density at radius 2 is 2.00 bits per heavy atom. The van der Waals surface area contributed by atoms with Crippen molar-refractivity contribution in [3.63, 3.8) is 0 Å². The van der Waals surface area contributed by atoms with Gasteiger partial charge in [-0.3, -0.25) is 0 Å². The summed E-state index contributed by atoms with van der Waals surface area (Å²) in [5.41, 5.74) is -0.0662. The number of sulfonamides is 1. The lowest BCUT2D eigenvalue weighted by atomic mass is 10.2. The first-order valence-electron chi connectivity index (χ1n) is 5.40. The molecule has 1 aromatic rings. The van der Waals surface area contributed by atoms with E-state index in [9.17, 15) is 13.2 Å². The van der Waals surface area contributed by atoms with Crippen molar-refractivity contribution in [3.05, 3.63) is 27.3 Å². The summed E-state index contributed by atoms with van der Waals surface area (Å²) in [6.07, 6.45) is -0.715. The number of rotatable bonds is 7. The summed E-state index contributed by atoms with van der Waals surface area (Å²) in [6.45, 7) is -0.0796. The SMILES string of the molecule is COC(CNS(=O)(=O)c1ccc(I)c(C(=O)O)c1)OC. The second-order valence-corrected chi connectivity index (χ2v) is 6.63. The van der Waals surface area contributed by atoms with E-state index in [0.717, 1.165) is 6.07 Å².